The van der Waals surface area contributed by atoms with E-state index in [1.165, 1.54) is 19.3 Å². The molecule has 1 aromatic rings. The van der Waals surface area contributed by atoms with Crippen molar-refractivity contribution in [1.29, 1.82) is 0 Å². The molecule has 0 unspecified atom stereocenters. The van der Waals surface area contributed by atoms with Gasteiger partial charge in [-0.15, -0.1) is 24.0 Å². The predicted molar refractivity (Wildman–Crippen MR) is 85.2 cm³/mol. The summed E-state index contributed by atoms with van der Waals surface area (Å²) in [5, 5.41) is 3.12. The summed E-state index contributed by atoms with van der Waals surface area (Å²) in [5.41, 5.74) is 6.86. The SMILES string of the molecule is I.NC(=NCC1CCC1)NCCc1ccccn1. The quantitative estimate of drug-likeness (QED) is 0.479. The van der Waals surface area contributed by atoms with E-state index in [0.717, 1.165) is 31.1 Å². The second-order valence-electron chi connectivity index (χ2n) is 4.52. The topological polar surface area (TPSA) is 63.3 Å². The zero-order valence-corrected chi connectivity index (χ0v) is 12.8. The Labute approximate surface area is 125 Å². The molecule has 0 aliphatic heterocycles. The van der Waals surface area contributed by atoms with Crippen molar-refractivity contribution in [3.8, 4) is 0 Å². The van der Waals surface area contributed by atoms with Crippen molar-refractivity contribution in [2.24, 2.45) is 16.6 Å². The van der Waals surface area contributed by atoms with Crippen LogP contribution in [0.5, 0.6) is 0 Å². The monoisotopic (exact) mass is 360 g/mol. The number of pyridine rings is 1. The van der Waals surface area contributed by atoms with Crippen molar-refractivity contribution in [1.82, 2.24) is 10.3 Å². The van der Waals surface area contributed by atoms with Gasteiger partial charge in [-0.05, 0) is 30.9 Å². The maximum absolute atomic E-state index is 5.78. The highest BCUT2D eigenvalue weighted by Crippen LogP contribution is 2.26. The van der Waals surface area contributed by atoms with Crippen LogP contribution >= 0.6 is 24.0 Å². The maximum Gasteiger partial charge on any atom is 0.188 e. The molecule has 3 N–H and O–H groups in total. The molecule has 0 saturated heterocycles. The first-order chi connectivity index (χ1) is 8.34. The molecule has 1 aliphatic rings. The van der Waals surface area contributed by atoms with Gasteiger partial charge in [0, 0.05) is 31.4 Å². The van der Waals surface area contributed by atoms with Crippen molar-refractivity contribution in [3.63, 3.8) is 0 Å². The number of halogens is 1. The lowest BCUT2D eigenvalue weighted by Crippen LogP contribution is -2.34. The third-order valence-electron chi connectivity index (χ3n) is 3.16. The molecule has 1 heterocycles. The van der Waals surface area contributed by atoms with Gasteiger partial charge in [0.15, 0.2) is 5.96 Å². The molecule has 1 saturated carbocycles. The molecule has 0 amide bonds. The van der Waals surface area contributed by atoms with Crippen molar-refractivity contribution in [2.45, 2.75) is 25.7 Å². The summed E-state index contributed by atoms with van der Waals surface area (Å²) < 4.78 is 0. The first-order valence-electron chi connectivity index (χ1n) is 6.28. The van der Waals surface area contributed by atoms with Gasteiger partial charge in [0.05, 0.1) is 0 Å². The number of aliphatic imine (C=N–C) groups is 1. The molecule has 4 nitrogen and oxygen atoms in total. The highest BCUT2D eigenvalue weighted by molar-refractivity contribution is 14.0. The van der Waals surface area contributed by atoms with Crippen LogP contribution in [-0.4, -0.2) is 24.0 Å². The third-order valence-corrected chi connectivity index (χ3v) is 3.16. The van der Waals surface area contributed by atoms with Gasteiger partial charge in [-0.2, -0.15) is 0 Å². The van der Waals surface area contributed by atoms with Crippen molar-refractivity contribution in [3.05, 3.63) is 30.1 Å². The number of nitrogens with zero attached hydrogens (tertiary/aromatic N) is 2. The summed E-state index contributed by atoms with van der Waals surface area (Å²) in [7, 11) is 0. The van der Waals surface area contributed by atoms with Crippen LogP contribution in [0.1, 0.15) is 25.0 Å². The van der Waals surface area contributed by atoms with Gasteiger partial charge in [0.25, 0.3) is 0 Å². The molecule has 1 aliphatic carbocycles. The summed E-state index contributed by atoms with van der Waals surface area (Å²) in [6, 6.07) is 5.94. The normalized spacial score (nSPS) is 15.7. The van der Waals surface area contributed by atoms with E-state index in [0.29, 0.717) is 5.96 Å². The summed E-state index contributed by atoms with van der Waals surface area (Å²) in [6.07, 6.45) is 6.66. The molecule has 0 radical (unpaired) electrons. The molecule has 100 valence electrons. The Morgan fingerprint density at radius 3 is 2.89 bits per heavy atom. The van der Waals surface area contributed by atoms with Gasteiger partial charge < -0.3 is 11.1 Å². The molecule has 0 atom stereocenters. The number of aromatic nitrogens is 1. The Morgan fingerprint density at radius 2 is 2.28 bits per heavy atom. The Kier molecular flexibility index (Phi) is 7.00. The lowest BCUT2D eigenvalue weighted by atomic mass is 9.86. The molecule has 0 spiro atoms. The third kappa shape index (κ3) is 5.20. The molecular weight excluding hydrogens is 339 g/mol. The minimum atomic E-state index is 0. The molecule has 1 fully saturated rings. The van der Waals surface area contributed by atoms with Gasteiger partial charge >= 0.3 is 0 Å². The number of nitrogens with one attached hydrogen (secondary N) is 1. The molecule has 2 rings (SSSR count). The van der Waals surface area contributed by atoms with Crippen LogP contribution in [0.2, 0.25) is 0 Å². The van der Waals surface area contributed by atoms with E-state index in [9.17, 15) is 0 Å². The van der Waals surface area contributed by atoms with Crippen LogP contribution in [0.15, 0.2) is 29.4 Å². The summed E-state index contributed by atoms with van der Waals surface area (Å²) in [6.45, 7) is 1.67. The first kappa shape index (κ1) is 15.2. The predicted octanol–water partition coefficient (Wildman–Crippen LogP) is 1.95. The lowest BCUT2D eigenvalue weighted by Gasteiger charge is -2.23. The fourth-order valence-electron chi connectivity index (χ4n) is 1.82. The number of guanidine groups is 1. The number of hydrogen-bond acceptors (Lipinski definition) is 2. The number of nitrogens with two attached hydrogens (primary N) is 1. The molecule has 0 bridgehead atoms. The lowest BCUT2D eigenvalue weighted by molar-refractivity contribution is 0.326. The van der Waals surface area contributed by atoms with E-state index in [2.05, 4.69) is 15.3 Å². The largest absolute Gasteiger partial charge is 0.370 e. The standard InChI is InChI=1S/C13H20N4.HI/c14-13(17-10-11-4-3-5-11)16-9-7-12-6-1-2-8-15-12;/h1-2,6,8,11H,3-5,7,9-10H2,(H3,14,16,17);1H. The summed E-state index contributed by atoms with van der Waals surface area (Å²) >= 11 is 0. The second-order valence-corrected chi connectivity index (χ2v) is 4.52. The minimum absolute atomic E-state index is 0. The summed E-state index contributed by atoms with van der Waals surface area (Å²) in [5.74, 6) is 1.33. The van der Waals surface area contributed by atoms with Gasteiger partial charge in [-0.25, -0.2) is 0 Å². The van der Waals surface area contributed by atoms with Crippen LogP contribution in [0, 0.1) is 5.92 Å². The van der Waals surface area contributed by atoms with Gasteiger partial charge in [-0.3, -0.25) is 9.98 Å². The van der Waals surface area contributed by atoms with E-state index in [4.69, 9.17) is 5.73 Å². The molecule has 0 aromatic carbocycles. The molecule has 1 aromatic heterocycles. The van der Waals surface area contributed by atoms with Gasteiger partial charge in [-0.1, -0.05) is 12.5 Å². The van der Waals surface area contributed by atoms with Crippen molar-refractivity contribution < 1.29 is 0 Å². The maximum atomic E-state index is 5.78. The Hall–Kier alpha value is -0.850. The first-order valence-corrected chi connectivity index (χ1v) is 6.28. The fraction of sp³-hybridized carbons (Fsp3) is 0.538. The van der Waals surface area contributed by atoms with E-state index < -0.39 is 0 Å². The molecular formula is C13H21IN4. The van der Waals surface area contributed by atoms with E-state index in [1.807, 2.05) is 24.4 Å². The zero-order chi connectivity index (χ0) is 11.9. The molecule has 18 heavy (non-hydrogen) atoms. The van der Waals surface area contributed by atoms with E-state index in [-0.39, 0.29) is 24.0 Å². The van der Waals surface area contributed by atoms with Crippen molar-refractivity contribution >= 4 is 29.9 Å². The van der Waals surface area contributed by atoms with Crippen LogP contribution in [0.25, 0.3) is 0 Å². The van der Waals surface area contributed by atoms with Crippen molar-refractivity contribution in [2.75, 3.05) is 13.1 Å². The van der Waals surface area contributed by atoms with Crippen LogP contribution in [-0.2, 0) is 6.42 Å². The van der Waals surface area contributed by atoms with E-state index in [1.54, 1.807) is 0 Å². The number of rotatable bonds is 5. The zero-order valence-electron chi connectivity index (χ0n) is 10.5. The minimum Gasteiger partial charge on any atom is -0.370 e. The summed E-state index contributed by atoms with van der Waals surface area (Å²) in [4.78, 5) is 8.59. The van der Waals surface area contributed by atoms with E-state index >= 15 is 0 Å². The second kappa shape index (κ2) is 8.29. The van der Waals surface area contributed by atoms with Gasteiger partial charge in [0.1, 0.15) is 0 Å². The Bertz CT molecular complexity index is 363. The fourth-order valence-corrected chi connectivity index (χ4v) is 1.82. The molecule has 5 heteroatoms. The van der Waals surface area contributed by atoms with Crippen LogP contribution in [0.3, 0.4) is 0 Å². The Morgan fingerprint density at radius 1 is 1.44 bits per heavy atom. The van der Waals surface area contributed by atoms with Crippen LogP contribution in [0.4, 0.5) is 0 Å². The van der Waals surface area contributed by atoms with Crippen LogP contribution < -0.4 is 11.1 Å². The number of hydrogen-bond donors (Lipinski definition) is 2. The Balaban J connectivity index is 0.00000162. The van der Waals surface area contributed by atoms with Gasteiger partial charge in [0.2, 0.25) is 0 Å². The average molecular weight is 360 g/mol. The average Bonchev–Trinajstić information content (AvgIpc) is 2.28. The highest BCUT2D eigenvalue weighted by Gasteiger charge is 2.16. The highest BCUT2D eigenvalue weighted by atomic mass is 127. The smallest absolute Gasteiger partial charge is 0.188 e.